The van der Waals surface area contributed by atoms with E-state index in [2.05, 4.69) is 21.6 Å². The molecule has 0 aromatic carbocycles. The van der Waals surface area contributed by atoms with Crippen molar-refractivity contribution in [2.45, 2.75) is 18.9 Å². The number of nitrogens with zero attached hydrogens (tertiary/aromatic N) is 4. The Labute approximate surface area is 86.6 Å². The highest BCUT2D eigenvalue weighted by Gasteiger charge is 2.28. The van der Waals surface area contributed by atoms with E-state index in [1.807, 2.05) is 4.68 Å². The lowest BCUT2D eigenvalue weighted by Crippen LogP contribution is -1.98. The molecule has 15 heavy (non-hydrogen) atoms. The Hall–Kier alpha value is -1.91. The lowest BCUT2D eigenvalue weighted by atomic mass is 10.3. The number of fused-ring (bicyclic) bond motifs is 1. The second kappa shape index (κ2) is 2.79. The van der Waals surface area contributed by atoms with Crippen LogP contribution in [-0.2, 0) is 0 Å². The fraction of sp³-hybridized carbons (Fsp3) is 0.300. The van der Waals surface area contributed by atoms with Crippen LogP contribution in [-0.4, -0.2) is 19.7 Å². The highest BCUT2D eigenvalue weighted by molar-refractivity contribution is 5.92. The number of anilines is 1. The van der Waals surface area contributed by atoms with Crippen LogP contribution in [0.1, 0.15) is 24.6 Å². The summed E-state index contributed by atoms with van der Waals surface area (Å²) in [6.45, 7) is 3.73. The zero-order valence-electron chi connectivity index (χ0n) is 8.22. The van der Waals surface area contributed by atoms with Gasteiger partial charge in [0.05, 0.1) is 17.1 Å². The van der Waals surface area contributed by atoms with Crippen LogP contribution in [0, 0.1) is 0 Å². The second-order valence-electron chi connectivity index (χ2n) is 3.72. The predicted molar refractivity (Wildman–Crippen MR) is 58.1 cm³/mol. The highest BCUT2D eigenvalue weighted by atomic mass is 15.3. The fourth-order valence-electron chi connectivity index (χ4n) is 1.74. The van der Waals surface area contributed by atoms with Gasteiger partial charge in [0.2, 0.25) is 0 Å². The minimum atomic E-state index is 0.474. The molecule has 1 aliphatic carbocycles. The summed E-state index contributed by atoms with van der Waals surface area (Å²) in [7, 11) is 0. The third kappa shape index (κ3) is 1.12. The molecule has 5 heteroatoms. The SMILES string of the molecule is C=Cc1nn(C2CC2)c2ncnc(N)c12. The van der Waals surface area contributed by atoms with E-state index in [1.54, 1.807) is 6.08 Å². The number of nitrogen functional groups attached to an aromatic ring is 1. The maximum atomic E-state index is 5.81. The smallest absolute Gasteiger partial charge is 0.164 e. The minimum Gasteiger partial charge on any atom is -0.383 e. The van der Waals surface area contributed by atoms with Crippen molar-refractivity contribution in [2.24, 2.45) is 0 Å². The van der Waals surface area contributed by atoms with E-state index in [0.29, 0.717) is 11.9 Å². The molecule has 0 unspecified atom stereocenters. The van der Waals surface area contributed by atoms with Gasteiger partial charge in [-0.1, -0.05) is 6.58 Å². The Bertz CT molecular complexity index is 538. The zero-order chi connectivity index (χ0) is 10.4. The lowest BCUT2D eigenvalue weighted by Gasteiger charge is -1.98. The van der Waals surface area contributed by atoms with Gasteiger partial charge in [-0.15, -0.1) is 0 Å². The molecule has 1 aliphatic rings. The molecule has 0 amide bonds. The van der Waals surface area contributed by atoms with E-state index in [1.165, 1.54) is 6.33 Å². The number of rotatable bonds is 2. The van der Waals surface area contributed by atoms with Gasteiger partial charge < -0.3 is 5.73 Å². The Morgan fingerprint density at radius 1 is 1.47 bits per heavy atom. The molecular weight excluding hydrogens is 190 g/mol. The summed E-state index contributed by atoms with van der Waals surface area (Å²) < 4.78 is 1.93. The van der Waals surface area contributed by atoms with Crippen LogP contribution in [0.2, 0.25) is 0 Å². The van der Waals surface area contributed by atoms with Gasteiger partial charge in [0, 0.05) is 0 Å². The molecule has 0 bridgehead atoms. The molecular formula is C10H11N5. The van der Waals surface area contributed by atoms with E-state index in [4.69, 9.17) is 5.73 Å². The van der Waals surface area contributed by atoms with Crippen molar-refractivity contribution >= 4 is 22.9 Å². The molecule has 1 fully saturated rings. The first-order valence-corrected chi connectivity index (χ1v) is 4.92. The van der Waals surface area contributed by atoms with Crippen molar-refractivity contribution in [3.8, 4) is 0 Å². The summed E-state index contributed by atoms with van der Waals surface area (Å²) in [6.07, 6.45) is 5.50. The fourth-order valence-corrected chi connectivity index (χ4v) is 1.74. The van der Waals surface area contributed by atoms with Crippen molar-refractivity contribution in [1.82, 2.24) is 19.7 Å². The Morgan fingerprint density at radius 2 is 2.27 bits per heavy atom. The molecule has 5 nitrogen and oxygen atoms in total. The third-order valence-corrected chi connectivity index (χ3v) is 2.63. The summed E-state index contributed by atoms with van der Waals surface area (Å²) in [6, 6.07) is 0.482. The third-order valence-electron chi connectivity index (χ3n) is 2.63. The first-order chi connectivity index (χ1) is 7.31. The monoisotopic (exact) mass is 201 g/mol. The molecule has 0 radical (unpaired) electrons. The molecule has 0 saturated heterocycles. The summed E-state index contributed by atoms with van der Waals surface area (Å²) in [5, 5.41) is 5.27. The summed E-state index contributed by atoms with van der Waals surface area (Å²) in [4.78, 5) is 8.21. The number of aromatic nitrogens is 4. The molecule has 2 heterocycles. The minimum absolute atomic E-state index is 0.474. The molecule has 3 rings (SSSR count). The number of hydrogen-bond acceptors (Lipinski definition) is 4. The first kappa shape index (κ1) is 8.40. The summed E-state index contributed by atoms with van der Waals surface area (Å²) >= 11 is 0. The van der Waals surface area contributed by atoms with Crippen LogP contribution in [0.3, 0.4) is 0 Å². The van der Waals surface area contributed by atoms with Gasteiger partial charge in [-0.3, -0.25) is 0 Å². The normalized spacial score (nSPS) is 15.7. The molecule has 0 atom stereocenters. The van der Waals surface area contributed by atoms with Crippen LogP contribution in [0.25, 0.3) is 17.1 Å². The maximum Gasteiger partial charge on any atom is 0.164 e. The van der Waals surface area contributed by atoms with Crippen molar-refractivity contribution in [3.05, 3.63) is 18.6 Å². The van der Waals surface area contributed by atoms with Crippen LogP contribution in [0.4, 0.5) is 5.82 Å². The van der Waals surface area contributed by atoms with Crippen molar-refractivity contribution < 1.29 is 0 Å². The van der Waals surface area contributed by atoms with Crippen LogP contribution >= 0.6 is 0 Å². The average Bonchev–Trinajstić information content (AvgIpc) is 3.00. The molecule has 76 valence electrons. The maximum absolute atomic E-state index is 5.81. The van der Waals surface area contributed by atoms with E-state index < -0.39 is 0 Å². The topological polar surface area (TPSA) is 69.6 Å². The molecule has 2 aromatic rings. The van der Waals surface area contributed by atoms with Gasteiger partial charge in [0.15, 0.2) is 5.65 Å². The molecule has 0 aliphatic heterocycles. The van der Waals surface area contributed by atoms with E-state index >= 15 is 0 Å². The van der Waals surface area contributed by atoms with E-state index in [9.17, 15) is 0 Å². The molecule has 0 spiro atoms. The van der Waals surface area contributed by atoms with Gasteiger partial charge in [-0.2, -0.15) is 5.10 Å². The van der Waals surface area contributed by atoms with Gasteiger partial charge in [0.1, 0.15) is 12.1 Å². The second-order valence-corrected chi connectivity index (χ2v) is 3.72. The lowest BCUT2D eigenvalue weighted by molar-refractivity contribution is 0.656. The van der Waals surface area contributed by atoms with Crippen LogP contribution in [0.5, 0.6) is 0 Å². The largest absolute Gasteiger partial charge is 0.383 e. The van der Waals surface area contributed by atoms with E-state index in [-0.39, 0.29) is 0 Å². The quantitative estimate of drug-likeness (QED) is 0.797. The average molecular weight is 201 g/mol. The predicted octanol–water partition coefficient (Wildman–Crippen LogP) is 1.39. The number of hydrogen-bond donors (Lipinski definition) is 1. The molecule has 1 saturated carbocycles. The summed E-state index contributed by atoms with van der Waals surface area (Å²) in [5.74, 6) is 0.474. The van der Waals surface area contributed by atoms with Gasteiger partial charge in [-0.25, -0.2) is 14.6 Å². The van der Waals surface area contributed by atoms with Gasteiger partial charge in [-0.05, 0) is 18.9 Å². The Balaban J connectivity index is 2.38. The van der Waals surface area contributed by atoms with E-state index in [0.717, 1.165) is 29.6 Å². The molecule has 2 N–H and O–H groups in total. The number of nitrogens with two attached hydrogens (primary N) is 1. The van der Waals surface area contributed by atoms with Crippen molar-refractivity contribution in [1.29, 1.82) is 0 Å². The van der Waals surface area contributed by atoms with Crippen LogP contribution < -0.4 is 5.73 Å². The van der Waals surface area contributed by atoms with Gasteiger partial charge >= 0.3 is 0 Å². The van der Waals surface area contributed by atoms with Crippen LogP contribution in [0.15, 0.2) is 12.9 Å². The van der Waals surface area contributed by atoms with Gasteiger partial charge in [0.25, 0.3) is 0 Å². The first-order valence-electron chi connectivity index (χ1n) is 4.92. The zero-order valence-corrected chi connectivity index (χ0v) is 8.22. The molecule has 2 aromatic heterocycles. The standard InChI is InChI=1S/C10H11N5/c1-2-7-8-9(11)12-5-13-10(8)15(14-7)6-3-4-6/h2,5-6H,1,3-4H2,(H2,11,12,13). The Morgan fingerprint density at radius 3 is 2.93 bits per heavy atom. The van der Waals surface area contributed by atoms with Crippen molar-refractivity contribution in [3.63, 3.8) is 0 Å². The highest BCUT2D eigenvalue weighted by Crippen LogP contribution is 2.37. The Kier molecular flexibility index (Phi) is 1.56. The summed E-state index contributed by atoms with van der Waals surface area (Å²) in [5.41, 5.74) is 7.41. The van der Waals surface area contributed by atoms with Crippen molar-refractivity contribution in [2.75, 3.05) is 5.73 Å².